The van der Waals surface area contributed by atoms with Crippen LogP contribution in [0.25, 0.3) is 0 Å². The average molecular weight is 189 g/mol. The number of terminal acetylenes is 1. The SMILES string of the molecule is C#CCCCOc1ccc(C=O)cn1. The largest absolute Gasteiger partial charge is 0.478 e. The van der Waals surface area contributed by atoms with Gasteiger partial charge in [0.05, 0.1) is 6.61 Å². The molecule has 3 heteroatoms. The van der Waals surface area contributed by atoms with Gasteiger partial charge in [0.2, 0.25) is 5.88 Å². The number of nitrogens with zero attached hydrogens (tertiary/aromatic N) is 1. The molecule has 0 bridgehead atoms. The molecule has 0 fully saturated rings. The Labute approximate surface area is 83.1 Å². The number of pyridine rings is 1. The number of unbranched alkanes of at least 4 members (excludes halogenated alkanes) is 1. The Hall–Kier alpha value is -1.82. The topological polar surface area (TPSA) is 39.2 Å². The second kappa shape index (κ2) is 5.76. The van der Waals surface area contributed by atoms with Gasteiger partial charge in [-0.2, -0.15) is 0 Å². The number of aldehydes is 1. The Balaban J connectivity index is 2.37. The first-order valence-electron chi connectivity index (χ1n) is 4.34. The number of hydrogen-bond acceptors (Lipinski definition) is 3. The molecule has 72 valence electrons. The molecule has 1 aromatic heterocycles. The highest BCUT2D eigenvalue weighted by Gasteiger charge is 1.95. The molecule has 1 rings (SSSR count). The molecule has 0 unspecified atom stereocenters. The van der Waals surface area contributed by atoms with Gasteiger partial charge in [0, 0.05) is 24.2 Å². The molecule has 0 aliphatic heterocycles. The lowest BCUT2D eigenvalue weighted by Gasteiger charge is -2.02. The normalized spacial score (nSPS) is 9.07. The Morgan fingerprint density at radius 2 is 2.43 bits per heavy atom. The van der Waals surface area contributed by atoms with Crippen molar-refractivity contribution in [3.63, 3.8) is 0 Å². The fraction of sp³-hybridized carbons (Fsp3) is 0.273. The van der Waals surface area contributed by atoms with Crippen LogP contribution in [-0.4, -0.2) is 17.9 Å². The first-order valence-corrected chi connectivity index (χ1v) is 4.34. The van der Waals surface area contributed by atoms with Crippen LogP contribution in [0.3, 0.4) is 0 Å². The van der Waals surface area contributed by atoms with Crippen LogP contribution < -0.4 is 4.74 Å². The molecule has 0 N–H and O–H groups in total. The van der Waals surface area contributed by atoms with Crippen molar-refractivity contribution in [1.82, 2.24) is 4.98 Å². The van der Waals surface area contributed by atoms with Gasteiger partial charge in [0.15, 0.2) is 6.29 Å². The van der Waals surface area contributed by atoms with Crippen molar-refractivity contribution in [2.75, 3.05) is 6.61 Å². The minimum atomic E-state index is 0.521. The molecule has 0 amide bonds. The zero-order valence-electron chi connectivity index (χ0n) is 7.77. The lowest BCUT2D eigenvalue weighted by atomic mass is 10.3. The predicted octanol–water partition coefficient (Wildman–Crippen LogP) is 1.69. The molecule has 0 radical (unpaired) electrons. The lowest BCUT2D eigenvalue weighted by Crippen LogP contribution is -1.98. The van der Waals surface area contributed by atoms with Gasteiger partial charge in [-0.1, -0.05) is 0 Å². The van der Waals surface area contributed by atoms with Gasteiger partial charge < -0.3 is 4.74 Å². The van der Waals surface area contributed by atoms with Crippen molar-refractivity contribution in [1.29, 1.82) is 0 Å². The van der Waals surface area contributed by atoms with Gasteiger partial charge in [0.1, 0.15) is 0 Å². The van der Waals surface area contributed by atoms with E-state index < -0.39 is 0 Å². The van der Waals surface area contributed by atoms with E-state index in [1.165, 1.54) is 6.20 Å². The molecule has 1 heterocycles. The Bertz CT molecular complexity index is 324. The summed E-state index contributed by atoms with van der Waals surface area (Å²) in [5.74, 6) is 3.05. The monoisotopic (exact) mass is 189 g/mol. The van der Waals surface area contributed by atoms with Crippen LogP contribution in [0.15, 0.2) is 18.3 Å². The van der Waals surface area contributed by atoms with Crippen LogP contribution >= 0.6 is 0 Å². The summed E-state index contributed by atoms with van der Waals surface area (Å²) in [4.78, 5) is 14.3. The van der Waals surface area contributed by atoms with Gasteiger partial charge >= 0.3 is 0 Å². The number of carbonyl (C=O) groups excluding carboxylic acids is 1. The summed E-state index contributed by atoms with van der Waals surface area (Å²) in [7, 11) is 0. The second-order valence-electron chi connectivity index (χ2n) is 2.70. The number of aromatic nitrogens is 1. The van der Waals surface area contributed by atoms with Gasteiger partial charge in [0.25, 0.3) is 0 Å². The highest BCUT2D eigenvalue weighted by molar-refractivity contribution is 5.73. The van der Waals surface area contributed by atoms with Crippen LogP contribution in [0.4, 0.5) is 0 Å². The Morgan fingerprint density at radius 1 is 1.57 bits per heavy atom. The number of carbonyl (C=O) groups is 1. The fourth-order valence-corrected chi connectivity index (χ4v) is 0.898. The minimum Gasteiger partial charge on any atom is -0.478 e. The van der Waals surface area contributed by atoms with E-state index in [1.807, 2.05) is 0 Å². The molecule has 0 saturated carbocycles. The fourth-order valence-electron chi connectivity index (χ4n) is 0.898. The zero-order chi connectivity index (χ0) is 10.2. The quantitative estimate of drug-likeness (QED) is 0.402. The van der Waals surface area contributed by atoms with Crippen LogP contribution in [0.1, 0.15) is 23.2 Å². The molecule has 3 nitrogen and oxygen atoms in total. The second-order valence-corrected chi connectivity index (χ2v) is 2.70. The molecule has 0 saturated heterocycles. The van der Waals surface area contributed by atoms with Gasteiger partial charge in [-0.3, -0.25) is 4.79 Å². The van der Waals surface area contributed by atoms with Crippen LogP contribution in [-0.2, 0) is 0 Å². The van der Waals surface area contributed by atoms with Crippen LogP contribution in [0, 0.1) is 12.3 Å². The van der Waals surface area contributed by atoms with E-state index >= 15 is 0 Å². The van der Waals surface area contributed by atoms with E-state index in [9.17, 15) is 4.79 Å². The number of ether oxygens (including phenoxy) is 1. The number of hydrogen-bond donors (Lipinski definition) is 0. The molecular formula is C11H11NO2. The summed E-state index contributed by atoms with van der Waals surface area (Å²) in [6.45, 7) is 0.553. The third-order valence-corrected chi connectivity index (χ3v) is 1.61. The molecule has 1 aromatic rings. The van der Waals surface area contributed by atoms with Gasteiger partial charge in [-0.05, 0) is 12.5 Å². The summed E-state index contributed by atoms with van der Waals surface area (Å²) >= 11 is 0. The van der Waals surface area contributed by atoms with Crippen molar-refractivity contribution in [2.24, 2.45) is 0 Å². The molecular weight excluding hydrogens is 178 g/mol. The molecule has 0 spiro atoms. The molecule has 0 aromatic carbocycles. The van der Waals surface area contributed by atoms with Gasteiger partial charge in [-0.25, -0.2) is 4.98 Å². The van der Waals surface area contributed by atoms with Crippen molar-refractivity contribution in [2.45, 2.75) is 12.8 Å². The summed E-state index contributed by atoms with van der Waals surface area (Å²) in [5.41, 5.74) is 0.543. The molecule has 14 heavy (non-hydrogen) atoms. The predicted molar refractivity (Wildman–Crippen MR) is 53.2 cm³/mol. The first-order chi connectivity index (χ1) is 6.86. The Morgan fingerprint density at radius 3 is 3.00 bits per heavy atom. The zero-order valence-corrected chi connectivity index (χ0v) is 7.77. The standard InChI is InChI=1S/C11H11NO2/c1-2-3-4-7-14-11-6-5-10(9-13)8-12-11/h1,5-6,8-9H,3-4,7H2. The molecule has 0 atom stereocenters. The highest BCUT2D eigenvalue weighted by Crippen LogP contribution is 2.06. The van der Waals surface area contributed by atoms with Crippen LogP contribution in [0.5, 0.6) is 5.88 Å². The lowest BCUT2D eigenvalue weighted by molar-refractivity contribution is 0.112. The molecule has 0 aliphatic carbocycles. The maximum Gasteiger partial charge on any atom is 0.213 e. The first kappa shape index (κ1) is 10.3. The maximum absolute atomic E-state index is 10.3. The van der Waals surface area contributed by atoms with E-state index in [0.29, 0.717) is 24.5 Å². The van der Waals surface area contributed by atoms with Crippen molar-refractivity contribution in [3.8, 4) is 18.2 Å². The van der Waals surface area contributed by atoms with E-state index in [2.05, 4.69) is 10.9 Å². The van der Waals surface area contributed by atoms with Crippen molar-refractivity contribution < 1.29 is 9.53 Å². The Kier molecular flexibility index (Phi) is 4.22. The third kappa shape index (κ3) is 3.28. The van der Waals surface area contributed by atoms with E-state index in [-0.39, 0.29) is 0 Å². The van der Waals surface area contributed by atoms with Crippen LogP contribution in [0.2, 0.25) is 0 Å². The summed E-state index contributed by atoms with van der Waals surface area (Å²) in [6.07, 6.45) is 8.82. The van der Waals surface area contributed by atoms with Gasteiger partial charge in [-0.15, -0.1) is 12.3 Å². The summed E-state index contributed by atoms with van der Waals surface area (Å²) < 4.78 is 5.28. The molecule has 0 aliphatic rings. The minimum absolute atomic E-state index is 0.521. The van der Waals surface area contributed by atoms with E-state index in [0.717, 1.165) is 12.7 Å². The average Bonchev–Trinajstić information content (AvgIpc) is 2.25. The highest BCUT2D eigenvalue weighted by atomic mass is 16.5. The third-order valence-electron chi connectivity index (χ3n) is 1.61. The van der Waals surface area contributed by atoms with E-state index in [4.69, 9.17) is 11.2 Å². The van der Waals surface area contributed by atoms with Crippen molar-refractivity contribution in [3.05, 3.63) is 23.9 Å². The summed E-state index contributed by atoms with van der Waals surface area (Å²) in [6, 6.07) is 3.33. The smallest absolute Gasteiger partial charge is 0.213 e. The van der Waals surface area contributed by atoms with E-state index in [1.54, 1.807) is 12.1 Å². The summed E-state index contributed by atoms with van der Waals surface area (Å²) in [5, 5.41) is 0. The van der Waals surface area contributed by atoms with Crippen molar-refractivity contribution >= 4 is 6.29 Å². The number of rotatable bonds is 5. The maximum atomic E-state index is 10.3.